The van der Waals surface area contributed by atoms with Crippen LogP contribution in [0.25, 0.3) is 0 Å². The second-order valence-corrected chi connectivity index (χ2v) is 8.92. The maximum atomic E-state index is 6.51. The number of nitrogens with two attached hydrogens (primary N) is 1. The van der Waals surface area contributed by atoms with Gasteiger partial charge in [-0.2, -0.15) is 5.90 Å². The van der Waals surface area contributed by atoms with Gasteiger partial charge in [0.15, 0.2) is 0 Å². The van der Waals surface area contributed by atoms with Crippen molar-refractivity contribution in [2.24, 2.45) is 5.90 Å². The number of rotatable bonds is 9. The first-order valence-corrected chi connectivity index (χ1v) is 11.4. The van der Waals surface area contributed by atoms with Gasteiger partial charge in [-0.1, -0.05) is 65.1 Å². The quantitative estimate of drug-likeness (QED) is 0.225. The summed E-state index contributed by atoms with van der Waals surface area (Å²) in [6.07, 6.45) is 5.80. The predicted octanol–water partition coefficient (Wildman–Crippen LogP) is 5.99. The Balaban J connectivity index is 1.50. The Kier molecular flexibility index (Phi) is 7.91. The van der Waals surface area contributed by atoms with Gasteiger partial charge in [0.2, 0.25) is 6.33 Å². The second kappa shape index (κ2) is 11.1. The van der Waals surface area contributed by atoms with E-state index in [1.807, 2.05) is 79.4 Å². The fourth-order valence-corrected chi connectivity index (χ4v) is 4.15. The number of benzene rings is 3. The van der Waals surface area contributed by atoms with Crippen molar-refractivity contribution >= 4 is 34.8 Å². The highest BCUT2D eigenvalue weighted by Gasteiger charge is 2.20. The van der Waals surface area contributed by atoms with E-state index in [9.17, 15) is 0 Å². The lowest BCUT2D eigenvalue weighted by Gasteiger charge is -2.18. The molecule has 0 saturated carbocycles. The van der Waals surface area contributed by atoms with Crippen LogP contribution in [0.3, 0.4) is 0 Å². The zero-order chi connectivity index (χ0) is 23.2. The monoisotopic (exact) mass is 502 g/mol. The van der Waals surface area contributed by atoms with Crippen molar-refractivity contribution in [3.63, 3.8) is 0 Å². The number of nitrogens with zero attached hydrogens (tertiary/aromatic N) is 2. The van der Waals surface area contributed by atoms with Crippen molar-refractivity contribution in [2.75, 3.05) is 0 Å². The minimum atomic E-state index is -0.271. The van der Waals surface area contributed by atoms with Crippen LogP contribution in [0.4, 0.5) is 0 Å². The van der Waals surface area contributed by atoms with Gasteiger partial charge in [-0.3, -0.25) is 0 Å². The third-order valence-corrected chi connectivity index (χ3v) is 6.04. The molecule has 1 atom stereocenters. The van der Waals surface area contributed by atoms with Crippen molar-refractivity contribution in [3.8, 4) is 5.75 Å². The molecule has 170 valence electrons. The molecule has 4 aromatic rings. The van der Waals surface area contributed by atoms with Crippen LogP contribution in [0.2, 0.25) is 15.1 Å². The van der Waals surface area contributed by atoms with E-state index in [0.29, 0.717) is 34.0 Å². The van der Waals surface area contributed by atoms with Gasteiger partial charge in [0.05, 0.1) is 6.61 Å². The lowest BCUT2D eigenvalue weighted by atomic mass is 10.1. The first kappa shape index (κ1) is 23.6. The third kappa shape index (κ3) is 6.50. The van der Waals surface area contributed by atoms with Gasteiger partial charge >= 0.3 is 0 Å². The van der Waals surface area contributed by atoms with Gasteiger partial charge < -0.3 is 9.57 Å². The van der Waals surface area contributed by atoms with Gasteiger partial charge in [0, 0.05) is 20.6 Å². The van der Waals surface area contributed by atoms with Crippen molar-refractivity contribution in [1.29, 1.82) is 0 Å². The number of hydrogen-bond acceptors (Lipinski definition) is 3. The van der Waals surface area contributed by atoms with E-state index in [1.165, 1.54) is 0 Å². The van der Waals surface area contributed by atoms with Crippen molar-refractivity contribution < 1.29 is 14.1 Å². The second-order valence-electron chi connectivity index (χ2n) is 7.64. The number of imidazole rings is 1. The first-order valence-electron chi connectivity index (χ1n) is 10.3. The molecular formula is C25H23Cl3N3O2+. The summed E-state index contributed by atoms with van der Waals surface area (Å²) in [4.78, 5) is 4.74. The van der Waals surface area contributed by atoms with E-state index in [1.54, 1.807) is 6.07 Å². The predicted molar refractivity (Wildman–Crippen MR) is 130 cm³/mol. The minimum absolute atomic E-state index is 0.271. The molecule has 0 spiro atoms. The first-order chi connectivity index (χ1) is 16.0. The molecule has 0 amide bonds. The van der Waals surface area contributed by atoms with Crippen molar-refractivity contribution in [1.82, 2.24) is 4.57 Å². The van der Waals surface area contributed by atoms with Crippen LogP contribution in [0, 0.1) is 0 Å². The van der Waals surface area contributed by atoms with E-state index in [4.69, 9.17) is 50.3 Å². The summed E-state index contributed by atoms with van der Waals surface area (Å²) >= 11 is 18.6. The van der Waals surface area contributed by atoms with Crippen LogP contribution in [0.5, 0.6) is 5.75 Å². The topological polar surface area (TPSA) is 53.3 Å². The third-order valence-electron chi connectivity index (χ3n) is 5.22. The van der Waals surface area contributed by atoms with Crippen LogP contribution in [0.1, 0.15) is 22.8 Å². The number of halogens is 3. The largest absolute Gasteiger partial charge is 0.412 e. The van der Waals surface area contributed by atoms with Gasteiger partial charge in [0.25, 0.3) is 0 Å². The standard InChI is InChI=1S/C25H23Cl3N3O2/c26-20-5-1-19(2-6-20)16-32-25(23-10-7-21(27)13-24(23)28)15-31-12-11-30(17-31)14-18-3-8-22(33-29)9-4-18/h1-13,17,25H,14-16,29H2/q+1. The Hall–Kier alpha value is -2.54. The molecule has 1 aromatic heterocycles. The van der Waals surface area contributed by atoms with Crippen LogP contribution in [-0.2, 0) is 24.4 Å². The molecule has 0 saturated heterocycles. The molecule has 0 aliphatic heterocycles. The maximum absolute atomic E-state index is 6.51. The SMILES string of the molecule is NOc1ccc(C[n+]2ccn(CC(OCc3ccc(Cl)cc3)c3ccc(Cl)cc3Cl)c2)cc1. The molecular weight excluding hydrogens is 481 g/mol. The van der Waals surface area contributed by atoms with Crippen molar-refractivity contribution in [3.05, 3.63) is 117 Å². The smallest absolute Gasteiger partial charge is 0.244 e. The summed E-state index contributed by atoms with van der Waals surface area (Å²) in [6, 6.07) is 20.7. The normalized spacial score (nSPS) is 12.0. The average molecular weight is 504 g/mol. The van der Waals surface area contributed by atoms with Crippen LogP contribution >= 0.6 is 34.8 Å². The molecule has 0 aliphatic rings. The fraction of sp³-hybridized carbons (Fsp3) is 0.160. The van der Waals surface area contributed by atoms with Crippen LogP contribution in [-0.4, -0.2) is 4.57 Å². The summed E-state index contributed by atoms with van der Waals surface area (Å²) in [5, 5.41) is 1.86. The molecule has 1 heterocycles. The molecule has 3 aromatic carbocycles. The Morgan fingerprint density at radius 2 is 1.58 bits per heavy atom. The van der Waals surface area contributed by atoms with E-state index in [0.717, 1.165) is 23.2 Å². The Morgan fingerprint density at radius 1 is 0.879 bits per heavy atom. The molecule has 2 N–H and O–H groups in total. The molecule has 0 bridgehead atoms. The molecule has 0 fully saturated rings. The van der Waals surface area contributed by atoms with Gasteiger partial charge in [0.1, 0.15) is 37.3 Å². The highest BCUT2D eigenvalue weighted by molar-refractivity contribution is 6.35. The molecule has 8 heteroatoms. The zero-order valence-corrected chi connectivity index (χ0v) is 20.0. The average Bonchev–Trinajstić information content (AvgIpc) is 3.25. The Bertz CT molecular complexity index is 1190. The number of hydrogen-bond donors (Lipinski definition) is 1. The number of aromatic nitrogens is 2. The van der Waals surface area contributed by atoms with Gasteiger partial charge in [-0.25, -0.2) is 9.13 Å². The molecule has 1 unspecified atom stereocenters. The Labute approximate surface area is 207 Å². The van der Waals surface area contributed by atoms with E-state index in [2.05, 4.69) is 9.13 Å². The Morgan fingerprint density at radius 3 is 2.27 bits per heavy atom. The van der Waals surface area contributed by atoms with Crippen LogP contribution in [0.15, 0.2) is 85.5 Å². The van der Waals surface area contributed by atoms with Crippen LogP contribution < -0.4 is 15.3 Å². The maximum Gasteiger partial charge on any atom is 0.244 e. The van der Waals surface area contributed by atoms with E-state index < -0.39 is 0 Å². The molecule has 33 heavy (non-hydrogen) atoms. The summed E-state index contributed by atoms with van der Waals surface area (Å²) in [6.45, 7) is 1.73. The molecule has 0 aliphatic carbocycles. The zero-order valence-electron chi connectivity index (χ0n) is 17.7. The lowest BCUT2D eigenvalue weighted by Crippen LogP contribution is -2.31. The minimum Gasteiger partial charge on any atom is -0.412 e. The molecule has 5 nitrogen and oxygen atoms in total. The summed E-state index contributed by atoms with van der Waals surface area (Å²) in [7, 11) is 0. The molecule has 0 radical (unpaired) electrons. The summed E-state index contributed by atoms with van der Waals surface area (Å²) < 4.78 is 10.5. The fourth-order valence-electron chi connectivity index (χ4n) is 3.50. The summed E-state index contributed by atoms with van der Waals surface area (Å²) in [5.41, 5.74) is 3.05. The van der Waals surface area contributed by atoms with Crippen molar-refractivity contribution in [2.45, 2.75) is 25.8 Å². The van der Waals surface area contributed by atoms with E-state index in [-0.39, 0.29) is 6.10 Å². The lowest BCUT2D eigenvalue weighted by molar-refractivity contribution is -0.687. The highest BCUT2D eigenvalue weighted by Crippen LogP contribution is 2.30. The number of ether oxygens (including phenoxy) is 1. The van der Waals surface area contributed by atoms with E-state index >= 15 is 0 Å². The highest BCUT2D eigenvalue weighted by atomic mass is 35.5. The molecule has 4 rings (SSSR count). The summed E-state index contributed by atoms with van der Waals surface area (Å²) in [5.74, 6) is 5.82. The van der Waals surface area contributed by atoms with Gasteiger partial charge in [-0.15, -0.1) is 0 Å². The van der Waals surface area contributed by atoms with Gasteiger partial charge in [-0.05, 0) is 47.5 Å².